The van der Waals surface area contributed by atoms with Crippen molar-refractivity contribution in [2.45, 2.75) is 31.8 Å². The first-order valence-electron chi connectivity index (χ1n) is 8.98. The Bertz CT molecular complexity index is 993. The molecule has 9 nitrogen and oxygen atoms in total. The third kappa shape index (κ3) is 5.97. The molecular weight excluding hydrogens is 439 g/mol. The van der Waals surface area contributed by atoms with Crippen molar-refractivity contribution in [2.75, 3.05) is 18.6 Å². The van der Waals surface area contributed by atoms with Gasteiger partial charge in [-0.3, -0.25) is 9.80 Å². The number of halogens is 2. The van der Waals surface area contributed by atoms with Crippen LogP contribution in [-0.4, -0.2) is 55.7 Å². The van der Waals surface area contributed by atoms with Crippen molar-refractivity contribution >= 4 is 50.7 Å². The highest BCUT2D eigenvalue weighted by Gasteiger charge is 2.38. The molecule has 2 aliphatic heterocycles. The number of hydrogen-bond donors (Lipinski definition) is 1. The molecule has 2 aliphatic rings. The maximum absolute atomic E-state index is 12.4. The number of amides is 1. The van der Waals surface area contributed by atoms with Gasteiger partial charge in [0.2, 0.25) is 5.96 Å². The first-order valence-corrected chi connectivity index (χ1v) is 11.8. The van der Waals surface area contributed by atoms with Crippen molar-refractivity contribution < 1.29 is 13.2 Å². The smallest absolute Gasteiger partial charge is 0.281 e. The summed E-state index contributed by atoms with van der Waals surface area (Å²) in [5.41, 5.74) is 0.862. The molecule has 1 aromatic carbocycles. The van der Waals surface area contributed by atoms with Gasteiger partial charge in [0.15, 0.2) is 11.9 Å². The van der Waals surface area contributed by atoms with E-state index in [0.717, 1.165) is 5.56 Å². The van der Waals surface area contributed by atoms with Gasteiger partial charge in [-0.15, -0.1) is 5.11 Å². The monoisotopic (exact) mass is 458 g/mol. The number of hydrogen-bond acceptors (Lipinski definition) is 8. The Kier molecular flexibility index (Phi) is 6.86. The van der Waals surface area contributed by atoms with Gasteiger partial charge in [-0.1, -0.05) is 40.9 Å². The van der Waals surface area contributed by atoms with Gasteiger partial charge < -0.3 is 5.32 Å². The molecule has 29 heavy (non-hydrogen) atoms. The van der Waals surface area contributed by atoms with E-state index in [1.54, 1.807) is 17.1 Å². The topological polar surface area (TPSA) is 116 Å². The number of benzene rings is 1. The number of fused-ring (bicyclic) bond motifs is 1. The molecule has 0 bridgehead atoms. The van der Waals surface area contributed by atoms with Crippen LogP contribution in [0.3, 0.4) is 0 Å². The minimum Gasteiger partial charge on any atom is -0.350 e. The standard InChI is InChI=1S/C17H20Cl2N6O3S/c1-29(27,28)8-4-2-3-7-25-14-15(23-24-25)21-17(22-16(14)26)20-10-11-5-6-12(18)13(19)9-11/h5-6,9,14H,2-4,7-8,10H2,1H3,(H,20,22,26). The van der Waals surface area contributed by atoms with E-state index >= 15 is 0 Å². The molecule has 0 saturated carbocycles. The molecule has 12 heteroatoms. The summed E-state index contributed by atoms with van der Waals surface area (Å²) < 4.78 is 22.3. The van der Waals surface area contributed by atoms with Crippen molar-refractivity contribution in [1.29, 1.82) is 0 Å². The van der Waals surface area contributed by atoms with Gasteiger partial charge in [-0.05, 0) is 30.5 Å². The fraction of sp³-hybridized carbons (Fsp3) is 0.471. The summed E-state index contributed by atoms with van der Waals surface area (Å²) in [5, 5.41) is 13.4. The van der Waals surface area contributed by atoms with Crippen molar-refractivity contribution in [1.82, 2.24) is 10.3 Å². The molecule has 0 aromatic heterocycles. The molecule has 156 valence electrons. The number of rotatable bonds is 8. The van der Waals surface area contributed by atoms with Crippen LogP contribution in [0.25, 0.3) is 0 Å². The quantitative estimate of drug-likeness (QED) is 0.600. The predicted octanol–water partition coefficient (Wildman–Crippen LogP) is 2.64. The number of sulfone groups is 1. The van der Waals surface area contributed by atoms with Gasteiger partial charge >= 0.3 is 0 Å². The molecule has 2 heterocycles. The van der Waals surface area contributed by atoms with Gasteiger partial charge in [-0.2, -0.15) is 9.98 Å². The summed E-state index contributed by atoms with van der Waals surface area (Å²) >= 11 is 11.9. The summed E-state index contributed by atoms with van der Waals surface area (Å²) in [5.74, 6) is 0.216. The molecular formula is C17H20Cl2N6O3S. The number of aliphatic imine (C=N–C) groups is 2. The Morgan fingerprint density at radius 3 is 2.66 bits per heavy atom. The first-order chi connectivity index (χ1) is 13.7. The Hall–Kier alpha value is -2.04. The minimum absolute atomic E-state index is 0.155. The number of amidine groups is 1. The predicted molar refractivity (Wildman–Crippen MR) is 112 cm³/mol. The van der Waals surface area contributed by atoms with Crippen LogP contribution < -0.4 is 5.32 Å². The molecule has 1 N–H and O–H groups in total. The molecule has 0 saturated heterocycles. The fourth-order valence-electron chi connectivity index (χ4n) is 2.86. The lowest BCUT2D eigenvalue weighted by Crippen LogP contribution is -2.43. The van der Waals surface area contributed by atoms with Crippen molar-refractivity contribution in [3.05, 3.63) is 33.8 Å². The minimum atomic E-state index is -2.96. The van der Waals surface area contributed by atoms with Gasteiger partial charge in [0.25, 0.3) is 5.91 Å². The molecule has 0 aliphatic carbocycles. The molecule has 3 rings (SSSR count). The van der Waals surface area contributed by atoms with Gasteiger partial charge in [-0.25, -0.2) is 8.42 Å². The van der Waals surface area contributed by atoms with Crippen molar-refractivity contribution in [3.63, 3.8) is 0 Å². The van der Waals surface area contributed by atoms with Gasteiger partial charge in [0.05, 0.1) is 10.0 Å². The zero-order valence-electron chi connectivity index (χ0n) is 15.7. The normalized spacial score (nSPS) is 18.5. The molecule has 1 atom stereocenters. The molecule has 1 aromatic rings. The maximum atomic E-state index is 12.4. The van der Waals surface area contributed by atoms with E-state index in [-0.39, 0.29) is 17.5 Å². The van der Waals surface area contributed by atoms with Crippen LogP contribution in [0.15, 0.2) is 38.5 Å². The van der Waals surface area contributed by atoms with Crippen LogP contribution in [0.5, 0.6) is 0 Å². The SMILES string of the molecule is CS(=O)(=O)CCCCCN1N=NC2=NC(NCc3ccc(Cl)c(Cl)c3)=NC(=O)C21. The molecule has 1 amide bonds. The second-order valence-electron chi connectivity index (χ2n) is 6.79. The average Bonchev–Trinajstić information content (AvgIpc) is 3.05. The summed E-state index contributed by atoms with van der Waals surface area (Å²) in [6.45, 7) is 0.843. The van der Waals surface area contributed by atoms with Crippen LogP contribution in [0.4, 0.5) is 0 Å². The van der Waals surface area contributed by atoms with E-state index < -0.39 is 21.8 Å². The first kappa shape index (κ1) is 21.7. The largest absolute Gasteiger partial charge is 0.350 e. The fourth-order valence-corrected chi connectivity index (χ4v) is 3.91. The number of nitrogens with zero attached hydrogens (tertiary/aromatic N) is 5. The molecule has 0 spiro atoms. The van der Waals surface area contributed by atoms with E-state index in [1.165, 1.54) is 6.26 Å². The zero-order valence-corrected chi connectivity index (χ0v) is 18.0. The van der Waals surface area contributed by atoms with Crippen molar-refractivity contribution in [3.8, 4) is 0 Å². The Balaban J connectivity index is 1.52. The summed E-state index contributed by atoms with van der Waals surface area (Å²) in [6.07, 6.45) is 3.20. The summed E-state index contributed by atoms with van der Waals surface area (Å²) in [7, 11) is -2.96. The maximum Gasteiger partial charge on any atom is 0.281 e. The van der Waals surface area contributed by atoms with Crippen LogP contribution >= 0.6 is 23.2 Å². The van der Waals surface area contributed by atoms with Crippen molar-refractivity contribution in [2.24, 2.45) is 20.3 Å². The highest BCUT2D eigenvalue weighted by molar-refractivity contribution is 7.90. The van der Waals surface area contributed by atoms with E-state index in [4.69, 9.17) is 23.2 Å². The summed E-state index contributed by atoms with van der Waals surface area (Å²) in [6, 6.07) is 4.50. The number of unbranched alkanes of at least 4 members (excludes halogenated alkanes) is 2. The van der Waals surface area contributed by atoms with E-state index in [1.807, 2.05) is 6.07 Å². The number of carbonyl (C=O) groups is 1. The highest BCUT2D eigenvalue weighted by atomic mass is 35.5. The Labute approximate surface area is 178 Å². The number of guanidine groups is 1. The summed E-state index contributed by atoms with van der Waals surface area (Å²) in [4.78, 5) is 20.7. The Morgan fingerprint density at radius 1 is 1.14 bits per heavy atom. The van der Waals surface area contributed by atoms with E-state index in [0.29, 0.717) is 42.4 Å². The van der Waals surface area contributed by atoms with E-state index in [9.17, 15) is 13.2 Å². The second-order valence-corrected chi connectivity index (χ2v) is 9.87. The van der Waals surface area contributed by atoms with Crippen LogP contribution in [0.2, 0.25) is 10.0 Å². The van der Waals surface area contributed by atoms with Gasteiger partial charge in [0.1, 0.15) is 9.84 Å². The van der Waals surface area contributed by atoms with E-state index in [2.05, 4.69) is 25.6 Å². The van der Waals surface area contributed by atoms with Crippen LogP contribution in [0, 0.1) is 0 Å². The average molecular weight is 459 g/mol. The lowest BCUT2D eigenvalue weighted by molar-refractivity contribution is -0.120. The Morgan fingerprint density at radius 2 is 1.93 bits per heavy atom. The zero-order chi connectivity index (χ0) is 21.0. The third-order valence-electron chi connectivity index (χ3n) is 4.31. The molecule has 1 unspecified atom stereocenters. The van der Waals surface area contributed by atoms with Crippen LogP contribution in [-0.2, 0) is 21.2 Å². The second kappa shape index (κ2) is 9.19. The number of carbonyl (C=O) groups excluding carboxylic acids is 1. The highest BCUT2D eigenvalue weighted by Crippen LogP contribution is 2.23. The van der Waals surface area contributed by atoms with Gasteiger partial charge in [0, 0.05) is 25.1 Å². The molecule has 0 fully saturated rings. The number of nitrogens with one attached hydrogen (secondary N) is 1. The van der Waals surface area contributed by atoms with Crippen LogP contribution in [0.1, 0.15) is 24.8 Å². The lowest BCUT2D eigenvalue weighted by Gasteiger charge is -2.21. The molecule has 0 radical (unpaired) electrons. The lowest BCUT2D eigenvalue weighted by atomic mass is 10.2. The third-order valence-corrected chi connectivity index (χ3v) is 6.08.